The number of halogens is 1. The van der Waals surface area contributed by atoms with Crippen LogP contribution in [0, 0.1) is 10.6 Å². The number of nitrogens with zero attached hydrogens (tertiary/aromatic N) is 1. The van der Waals surface area contributed by atoms with Gasteiger partial charge in [-0.2, -0.15) is 0 Å². The highest BCUT2D eigenvalue weighted by atomic mass is 32.2. The van der Waals surface area contributed by atoms with Crippen molar-refractivity contribution in [3.8, 4) is 0 Å². The van der Waals surface area contributed by atoms with Crippen molar-refractivity contribution in [2.24, 2.45) is 0 Å². The van der Waals surface area contributed by atoms with E-state index in [4.69, 9.17) is 12.2 Å². The van der Waals surface area contributed by atoms with Crippen LogP contribution in [0.4, 0.5) is 4.39 Å². The Balaban J connectivity index is 1.66. The zero-order chi connectivity index (χ0) is 20.5. The summed E-state index contributed by atoms with van der Waals surface area (Å²) in [6, 6.07) is 9.51. The van der Waals surface area contributed by atoms with Gasteiger partial charge in [-0.3, -0.25) is 14.2 Å². The number of carbonyl (C=O) groups excluding carboxylic acids is 1. The first kappa shape index (κ1) is 19.6. The van der Waals surface area contributed by atoms with Crippen molar-refractivity contribution in [3.05, 3.63) is 81.1 Å². The van der Waals surface area contributed by atoms with Gasteiger partial charge in [-0.1, -0.05) is 18.2 Å². The van der Waals surface area contributed by atoms with Crippen LogP contribution in [0.5, 0.6) is 0 Å². The molecule has 0 unspecified atom stereocenters. The van der Waals surface area contributed by atoms with Gasteiger partial charge >= 0.3 is 0 Å². The molecule has 148 valence electrons. The molecule has 29 heavy (non-hydrogen) atoms. The van der Waals surface area contributed by atoms with Gasteiger partial charge in [0.2, 0.25) is 0 Å². The van der Waals surface area contributed by atoms with E-state index in [1.165, 1.54) is 22.4 Å². The molecular formula is C21H18FN3O2S2. The van der Waals surface area contributed by atoms with Crippen molar-refractivity contribution >= 4 is 40.8 Å². The third kappa shape index (κ3) is 3.65. The lowest BCUT2D eigenvalue weighted by atomic mass is 10.0. The van der Waals surface area contributed by atoms with Gasteiger partial charge in [0.05, 0.1) is 16.9 Å². The minimum atomic E-state index is -0.284. The van der Waals surface area contributed by atoms with Gasteiger partial charge in [0, 0.05) is 22.8 Å². The van der Waals surface area contributed by atoms with E-state index in [2.05, 4.69) is 16.9 Å². The topological polar surface area (TPSA) is 66.9 Å². The first-order valence-corrected chi connectivity index (χ1v) is 10.5. The van der Waals surface area contributed by atoms with Gasteiger partial charge in [-0.05, 0) is 48.5 Å². The Morgan fingerprint density at radius 1 is 1.41 bits per heavy atom. The maximum atomic E-state index is 14.1. The number of amides is 1. The second-order valence-corrected chi connectivity index (χ2v) is 8.21. The van der Waals surface area contributed by atoms with E-state index in [1.54, 1.807) is 30.3 Å². The van der Waals surface area contributed by atoms with Gasteiger partial charge < -0.3 is 10.3 Å². The summed E-state index contributed by atoms with van der Waals surface area (Å²) in [4.78, 5) is 29.0. The molecule has 0 aliphatic carbocycles. The molecule has 0 saturated carbocycles. The van der Waals surface area contributed by atoms with E-state index >= 15 is 0 Å². The van der Waals surface area contributed by atoms with Crippen LogP contribution in [0.25, 0.3) is 10.9 Å². The summed E-state index contributed by atoms with van der Waals surface area (Å²) in [5.74, 6) is 0.182. The fourth-order valence-corrected chi connectivity index (χ4v) is 4.88. The van der Waals surface area contributed by atoms with Gasteiger partial charge in [0.15, 0.2) is 4.77 Å². The van der Waals surface area contributed by atoms with Crippen LogP contribution in [0.15, 0.2) is 58.7 Å². The SMILES string of the molecule is C=CCn1c(=S)[nH]c2cc(C(=O)N[C@@H]3CCSc4c(F)cccc43)ccc2c1=O. The molecular weight excluding hydrogens is 409 g/mol. The predicted octanol–water partition coefficient (Wildman–Crippen LogP) is 4.35. The molecule has 8 heteroatoms. The average molecular weight is 428 g/mol. The van der Waals surface area contributed by atoms with Crippen molar-refractivity contribution < 1.29 is 9.18 Å². The van der Waals surface area contributed by atoms with Crippen molar-refractivity contribution in [1.29, 1.82) is 0 Å². The molecule has 3 aromatic rings. The number of hydrogen-bond acceptors (Lipinski definition) is 4. The summed E-state index contributed by atoms with van der Waals surface area (Å²) in [5, 5.41) is 3.43. The second kappa shape index (κ2) is 7.96. The summed E-state index contributed by atoms with van der Waals surface area (Å²) in [6.07, 6.45) is 2.32. The van der Waals surface area contributed by atoms with Crippen LogP contribution in [0.2, 0.25) is 0 Å². The molecule has 2 aromatic carbocycles. The number of aromatic nitrogens is 2. The lowest BCUT2D eigenvalue weighted by Crippen LogP contribution is -2.31. The Morgan fingerprint density at radius 2 is 2.24 bits per heavy atom. The minimum Gasteiger partial charge on any atom is -0.345 e. The largest absolute Gasteiger partial charge is 0.345 e. The van der Waals surface area contributed by atoms with Crippen LogP contribution >= 0.6 is 24.0 Å². The molecule has 2 heterocycles. The Labute approximate surface area is 175 Å². The van der Waals surface area contributed by atoms with E-state index < -0.39 is 0 Å². The molecule has 0 fully saturated rings. The maximum absolute atomic E-state index is 14.1. The molecule has 1 atom stereocenters. The summed E-state index contributed by atoms with van der Waals surface area (Å²) in [6.45, 7) is 3.94. The Kier molecular flexibility index (Phi) is 5.38. The van der Waals surface area contributed by atoms with Gasteiger partial charge in [-0.25, -0.2) is 4.39 Å². The highest BCUT2D eigenvalue weighted by Crippen LogP contribution is 2.37. The number of benzene rings is 2. The van der Waals surface area contributed by atoms with Gasteiger partial charge in [-0.15, -0.1) is 18.3 Å². The lowest BCUT2D eigenvalue weighted by molar-refractivity contribution is 0.0935. The van der Waals surface area contributed by atoms with E-state index in [0.717, 1.165) is 17.7 Å². The predicted molar refractivity (Wildman–Crippen MR) is 116 cm³/mol. The monoisotopic (exact) mass is 427 g/mol. The molecule has 0 bridgehead atoms. The third-order valence-corrected chi connectivity index (χ3v) is 6.37. The fourth-order valence-electron chi connectivity index (χ4n) is 3.47. The number of thioether (sulfide) groups is 1. The highest BCUT2D eigenvalue weighted by Gasteiger charge is 2.25. The first-order valence-electron chi connectivity index (χ1n) is 9.09. The average Bonchev–Trinajstić information content (AvgIpc) is 2.71. The third-order valence-electron chi connectivity index (χ3n) is 4.89. The molecule has 2 N–H and O–H groups in total. The standard InChI is InChI=1S/C21H18FN3O2S2/c1-2-9-25-20(27)14-7-6-12(11-17(14)24-21(25)28)19(26)23-16-8-10-29-18-13(16)4-3-5-15(18)22/h2-7,11,16H,1,8-10H2,(H,23,26)(H,24,28)/t16-/m1/s1. The molecule has 0 spiro atoms. The van der Waals surface area contributed by atoms with Crippen molar-refractivity contribution in [3.63, 3.8) is 0 Å². The smallest absolute Gasteiger partial charge is 0.262 e. The van der Waals surface area contributed by atoms with E-state index in [-0.39, 0.29) is 28.1 Å². The molecule has 1 aromatic heterocycles. The molecule has 1 amide bonds. The van der Waals surface area contributed by atoms with Crippen LogP contribution in [-0.2, 0) is 6.54 Å². The number of aromatic amines is 1. The lowest BCUT2D eigenvalue weighted by Gasteiger charge is -2.26. The molecule has 0 radical (unpaired) electrons. The van der Waals surface area contributed by atoms with Gasteiger partial charge in [0.25, 0.3) is 11.5 Å². The second-order valence-electron chi connectivity index (χ2n) is 6.72. The molecule has 0 saturated heterocycles. The Hall–Kier alpha value is -2.71. The number of carbonyl (C=O) groups is 1. The molecule has 1 aliphatic heterocycles. The number of H-pyrrole nitrogens is 1. The number of hydrogen-bond donors (Lipinski definition) is 2. The molecule has 1 aliphatic rings. The van der Waals surface area contributed by atoms with Gasteiger partial charge in [0.1, 0.15) is 5.82 Å². The zero-order valence-corrected chi connectivity index (χ0v) is 17.0. The summed E-state index contributed by atoms with van der Waals surface area (Å²) in [5.41, 5.74) is 1.46. The quantitative estimate of drug-likeness (QED) is 0.480. The van der Waals surface area contributed by atoms with Crippen LogP contribution in [-0.4, -0.2) is 21.2 Å². The van der Waals surface area contributed by atoms with E-state index in [9.17, 15) is 14.0 Å². The fraction of sp³-hybridized carbons (Fsp3) is 0.190. The number of allylic oxidation sites excluding steroid dienone is 1. The van der Waals surface area contributed by atoms with Crippen molar-refractivity contribution in [2.75, 3.05) is 5.75 Å². The summed E-state index contributed by atoms with van der Waals surface area (Å²) >= 11 is 6.71. The number of fused-ring (bicyclic) bond motifs is 2. The zero-order valence-electron chi connectivity index (χ0n) is 15.4. The van der Waals surface area contributed by atoms with Crippen LogP contribution < -0.4 is 10.9 Å². The normalized spacial score (nSPS) is 15.7. The molecule has 4 rings (SSSR count). The Bertz CT molecular complexity index is 1250. The molecule has 5 nitrogen and oxygen atoms in total. The summed E-state index contributed by atoms with van der Waals surface area (Å²) in [7, 11) is 0. The Morgan fingerprint density at radius 3 is 3.03 bits per heavy atom. The van der Waals surface area contributed by atoms with E-state index in [1.807, 2.05) is 6.07 Å². The van der Waals surface area contributed by atoms with E-state index in [0.29, 0.717) is 27.9 Å². The van der Waals surface area contributed by atoms with Crippen LogP contribution in [0.3, 0.4) is 0 Å². The van der Waals surface area contributed by atoms with Crippen molar-refractivity contribution in [1.82, 2.24) is 14.9 Å². The minimum absolute atomic E-state index is 0.232. The maximum Gasteiger partial charge on any atom is 0.262 e. The summed E-state index contributed by atoms with van der Waals surface area (Å²) < 4.78 is 15.7. The first-order chi connectivity index (χ1) is 14.0. The number of rotatable bonds is 4. The van der Waals surface area contributed by atoms with Crippen molar-refractivity contribution in [2.45, 2.75) is 23.9 Å². The highest BCUT2D eigenvalue weighted by molar-refractivity contribution is 7.99. The van der Waals surface area contributed by atoms with Crippen LogP contribution in [0.1, 0.15) is 28.4 Å². The number of nitrogens with one attached hydrogen (secondary N) is 2.